The van der Waals surface area contributed by atoms with Gasteiger partial charge in [-0.2, -0.15) is 10.2 Å². The smallest absolute Gasteiger partial charge is 0.282 e. The molecule has 0 aromatic carbocycles. The molecule has 2 aromatic rings. The maximum Gasteiger partial charge on any atom is 0.282 e. The number of anilines is 1. The second kappa shape index (κ2) is 6.24. The van der Waals surface area contributed by atoms with Crippen LogP contribution < -0.4 is 10.5 Å². The minimum absolute atomic E-state index is 0.0937. The molecule has 0 bridgehead atoms. The van der Waals surface area contributed by atoms with Crippen molar-refractivity contribution >= 4 is 21.6 Å². The van der Waals surface area contributed by atoms with Crippen LogP contribution in [0.2, 0.25) is 0 Å². The summed E-state index contributed by atoms with van der Waals surface area (Å²) < 4.78 is 3.92. The molecule has 0 unspecified atom stereocenters. The van der Waals surface area contributed by atoms with E-state index in [0.717, 1.165) is 38.2 Å². The first-order valence-electron chi connectivity index (χ1n) is 7.59. The van der Waals surface area contributed by atoms with E-state index >= 15 is 0 Å². The van der Waals surface area contributed by atoms with Crippen molar-refractivity contribution in [2.75, 3.05) is 18.0 Å². The van der Waals surface area contributed by atoms with Gasteiger partial charge in [0.1, 0.15) is 4.47 Å². The summed E-state index contributed by atoms with van der Waals surface area (Å²) in [6.07, 6.45) is 8.03. The molecule has 0 aliphatic carbocycles. The molecule has 0 spiro atoms. The fourth-order valence-electron chi connectivity index (χ4n) is 2.94. The molecule has 1 aliphatic rings. The van der Waals surface area contributed by atoms with Crippen LogP contribution in [-0.2, 0) is 13.6 Å². The second-order valence-corrected chi connectivity index (χ2v) is 6.46. The minimum atomic E-state index is -0.0937. The van der Waals surface area contributed by atoms with Crippen molar-refractivity contribution in [1.82, 2.24) is 19.6 Å². The first-order valence-corrected chi connectivity index (χ1v) is 8.38. The van der Waals surface area contributed by atoms with Gasteiger partial charge in [-0.25, -0.2) is 4.68 Å². The number of piperidine rings is 1. The van der Waals surface area contributed by atoms with Crippen LogP contribution in [0.3, 0.4) is 0 Å². The van der Waals surface area contributed by atoms with Crippen molar-refractivity contribution < 1.29 is 0 Å². The molecular formula is C15H20BrN5O. The molecule has 1 saturated heterocycles. The third-order valence-electron chi connectivity index (χ3n) is 4.34. The topological polar surface area (TPSA) is 56.0 Å². The summed E-state index contributed by atoms with van der Waals surface area (Å²) >= 11 is 3.41. The highest BCUT2D eigenvalue weighted by atomic mass is 79.9. The van der Waals surface area contributed by atoms with Gasteiger partial charge in [-0.15, -0.1) is 0 Å². The van der Waals surface area contributed by atoms with E-state index in [1.165, 1.54) is 10.2 Å². The molecular weight excluding hydrogens is 346 g/mol. The normalized spacial score (nSPS) is 16.2. The van der Waals surface area contributed by atoms with E-state index in [-0.39, 0.29) is 5.56 Å². The van der Waals surface area contributed by atoms with Gasteiger partial charge in [0.2, 0.25) is 0 Å². The lowest BCUT2D eigenvalue weighted by Gasteiger charge is -2.33. The van der Waals surface area contributed by atoms with Crippen molar-refractivity contribution in [2.45, 2.75) is 32.2 Å². The molecule has 0 saturated carbocycles. The Labute approximate surface area is 137 Å². The Morgan fingerprint density at radius 1 is 1.27 bits per heavy atom. The first-order chi connectivity index (χ1) is 10.6. The Kier molecular flexibility index (Phi) is 4.33. The lowest BCUT2D eigenvalue weighted by atomic mass is 9.91. The Morgan fingerprint density at radius 2 is 2.00 bits per heavy atom. The molecule has 6 nitrogen and oxygen atoms in total. The van der Waals surface area contributed by atoms with Gasteiger partial charge in [0.15, 0.2) is 0 Å². The van der Waals surface area contributed by atoms with Gasteiger partial charge in [-0.05, 0) is 47.2 Å². The Morgan fingerprint density at radius 3 is 2.64 bits per heavy atom. The molecule has 1 fully saturated rings. The number of hydrogen-bond acceptors (Lipinski definition) is 4. The fourth-order valence-corrected chi connectivity index (χ4v) is 3.55. The third kappa shape index (κ3) is 2.82. The van der Waals surface area contributed by atoms with Gasteiger partial charge < -0.3 is 4.90 Å². The molecule has 1 aliphatic heterocycles. The van der Waals surface area contributed by atoms with Gasteiger partial charge in [-0.3, -0.25) is 9.48 Å². The van der Waals surface area contributed by atoms with Gasteiger partial charge in [0.25, 0.3) is 5.56 Å². The quantitative estimate of drug-likeness (QED) is 0.835. The lowest BCUT2D eigenvalue weighted by Crippen LogP contribution is -2.35. The molecule has 2 aromatic heterocycles. The monoisotopic (exact) mass is 365 g/mol. The van der Waals surface area contributed by atoms with E-state index in [1.54, 1.807) is 13.2 Å². The summed E-state index contributed by atoms with van der Waals surface area (Å²) in [6, 6.07) is 0. The number of aromatic nitrogens is 4. The predicted molar refractivity (Wildman–Crippen MR) is 89.3 cm³/mol. The molecule has 3 heterocycles. The van der Waals surface area contributed by atoms with Gasteiger partial charge in [0, 0.05) is 32.9 Å². The van der Waals surface area contributed by atoms with Crippen molar-refractivity contribution in [1.29, 1.82) is 0 Å². The number of rotatable bonds is 3. The van der Waals surface area contributed by atoms with Crippen molar-refractivity contribution in [3.8, 4) is 0 Å². The van der Waals surface area contributed by atoms with E-state index < -0.39 is 0 Å². The first kappa shape index (κ1) is 15.3. The summed E-state index contributed by atoms with van der Waals surface area (Å²) in [5, 5.41) is 8.49. The maximum absolute atomic E-state index is 12.0. The number of halogens is 1. The zero-order chi connectivity index (χ0) is 15.7. The average Bonchev–Trinajstić information content (AvgIpc) is 3.02. The molecule has 0 atom stereocenters. The zero-order valence-electron chi connectivity index (χ0n) is 12.9. The predicted octanol–water partition coefficient (Wildman–Crippen LogP) is 2.14. The van der Waals surface area contributed by atoms with Gasteiger partial charge in [-0.1, -0.05) is 0 Å². The second-order valence-electron chi connectivity index (χ2n) is 5.66. The summed E-state index contributed by atoms with van der Waals surface area (Å²) in [6.45, 7) is 4.86. The van der Waals surface area contributed by atoms with Crippen LogP contribution >= 0.6 is 15.9 Å². The Bertz CT molecular complexity index is 715. The van der Waals surface area contributed by atoms with E-state index in [2.05, 4.69) is 44.1 Å². The van der Waals surface area contributed by atoms with Crippen molar-refractivity contribution in [3.05, 3.63) is 39.0 Å². The zero-order valence-corrected chi connectivity index (χ0v) is 14.5. The van der Waals surface area contributed by atoms with E-state index in [9.17, 15) is 4.79 Å². The van der Waals surface area contributed by atoms with Crippen LogP contribution in [0.4, 0.5) is 5.69 Å². The minimum Gasteiger partial charge on any atom is -0.369 e. The average molecular weight is 366 g/mol. The standard InChI is InChI=1S/C15H20BrN5O/c1-3-21-10-12(8-18-21)11-4-6-20(7-5-11)13-9-17-19(2)15(22)14(13)16/h8-11H,3-7H2,1-2H3. The summed E-state index contributed by atoms with van der Waals surface area (Å²) in [5.41, 5.74) is 2.12. The summed E-state index contributed by atoms with van der Waals surface area (Å²) in [7, 11) is 1.66. The van der Waals surface area contributed by atoms with Gasteiger partial charge in [0.05, 0.1) is 18.1 Å². The summed E-state index contributed by atoms with van der Waals surface area (Å²) in [4.78, 5) is 14.2. The molecule has 7 heteroatoms. The largest absolute Gasteiger partial charge is 0.369 e. The number of nitrogens with zero attached hydrogens (tertiary/aromatic N) is 5. The molecule has 0 N–H and O–H groups in total. The van der Waals surface area contributed by atoms with Gasteiger partial charge >= 0.3 is 0 Å². The van der Waals surface area contributed by atoms with Crippen LogP contribution in [0.25, 0.3) is 0 Å². The van der Waals surface area contributed by atoms with Crippen molar-refractivity contribution in [3.63, 3.8) is 0 Å². The third-order valence-corrected chi connectivity index (χ3v) is 5.09. The van der Waals surface area contributed by atoms with Crippen LogP contribution in [-0.4, -0.2) is 32.7 Å². The molecule has 22 heavy (non-hydrogen) atoms. The van der Waals surface area contributed by atoms with Crippen LogP contribution in [0.1, 0.15) is 31.2 Å². The van der Waals surface area contributed by atoms with E-state index in [0.29, 0.717) is 10.4 Å². The molecule has 0 radical (unpaired) electrons. The highest BCUT2D eigenvalue weighted by Crippen LogP contribution is 2.31. The fraction of sp³-hybridized carbons (Fsp3) is 0.533. The highest BCUT2D eigenvalue weighted by molar-refractivity contribution is 9.10. The number of aryl methyl sites for hydroxylation is 2. The SMILES string of the molecule is CCn1cc(C2CCN(c3cnn(C)c(=O)c3Br)CC2)cn1. The summed E-state index contributed by atoms with van der Waals surface area (Å²) in [5.74, 6) is 0.551. The maximum atomic E-state index is 12.0. The van der Waals surface area contributed by atoms with Crippen molar-refractivity contribution in [2.24, 2.45) is 7.05 Å². The highest BCUT2D eigenvalue weighted by Gasteiger charge is 2.24. The molecule has 118 valence electrons. The molecule has 0 amide bonds. The Hall–Kier alpha value is -1.63. The van der Waals surface area contributed by atoms with Crippen LogP contribution in [0.5, 0.6) is 0 Å². The lowest BCUT2D eigenvalue weighted by molar-refractivity contribution is 0.502. The van der Waals surface area contributed by atoms with E-state index in [4.69, 9.17) is 0 Å². The Balaban J connectivity index is 1.72. The van der Waals surface area contributed by atoms with Crippen LogP contribution in [0, 0.1) is 0 Å². The number of hydrogen-bond donors (Lipinski definition) is 0. The van der Waals surface area contributed by atoms with E-state index in [1.807, 2.05) is 10.9 Å². The van der Waals surface area contributed by atoms with Crippen LogP contribution in [0.15, 0.2) is 27.9 Å². The molecule has 3 rings (SSSR count).